The van der Waals surface area contributed by atoms with Crippen LogP contribution in [-0.4, -0.2) is 21.6 Å². The van der Waals surface area contributed by atoms with E-state index in [1.54, 1.807) is 18.2 Å². The van der Waals surface area contributed by atoms with Crippen LogP contribution < -0.4 is 5.32 Å². The Labute approximate surface area is 143 Å². The van der Waals surface area contributed by atoms with Crippen molar-refractivity contribution in [1.29, 1.82) is 0 Å². The number of amides is 1. The highest BCUT2D eigenvalue weighted by atomic mass is 35.5. The minimum Gasteiger partial charge on any atom is -0.478 e. The molecule has 0 radical (unpaired) electrons. The number of hydrogen-bond acceptors (Lipinski definition) is 2. The van der Waals surface area contributed by atoms with Crippen LogP contribution in [0.2, 0.25) is 5.02 Å². The number of aromatic carboxylic acids is 1. The quantitative estimate of drug-likeness (QED) is 0.747. The van der Waals surface area contributed by atoms with Gasteiger partial charge in [-0.25, -0.2) is 4.79 Å². The van der Waals surface area contributed by atoms with Crippen LogP contribution in [0.1, 0.15) is 15.9 Å². The van der Waals surface area contributed by atoms with E-state index in [0.717, 1.165) is 16.5 Å². The van der Waals surface area contributed by atoms with Gasteiger partial charge in [-0.15, -0.1) is 0 Å². The number of rotatable bonds is 5. The molecule has 0 aliphatic rings. The molecule has 24 heavy (non-hydrogen) atoms. The van der Waals surface area contributed by atoms with Gasteiger partial charge in [0.05, 0.1) is 5.56 Å². The Morgan fingerprint density at radius 3 is 2.54 bits per heavy atom. The van der Waals surface area contributed by atoms with Gasteiger partial charge in [0.1, 0.15) is 6.54 Å². The lowest BCUT2D eigenvalue weighted by Crippen LogP contribution is -2.26. The third-order valence-corrected chi connectivity index (χ3v) is 3.97. The standard InChI is InChI=1S/C18H15ClN2O3/c19-15-5-6-16-14(9-15)7-8-21(16)11-17(22)20-10-12-1-3-13(4-2-12)18(23)24/h1-9H,10-11H2,(H,20,22)(H,23,24). The Hall–Kier alpha value is -2.79. The summed E-state index contributed by atoms with van der Waals surface area (Å²) in [5, 5.41) is 13.3. The lowest BCUT2D eigenvalue weighted by Gasteiger charge is -2.08. The second-order valence-electron chi connectivity index (χ2n) is 5.43. The molecule has 0 unspecified atom stereocenters. The van der Waals surface area contributed by atoms with Crippen molar-refractivity contribution in [3.05, 3.63) is 70.9 Å². The molecule has 6 heteroatoms. The maximum Gasteiger partial charge on any atom is 0.335 e. The smallest absolute Gasteiger partial charge is 0.335 e. The summed E-state index contributed by atoms with van der Waals surface area (Å²) in [4.78, 5) is 22.9. The van der Waals surface area contributed by atoms with Crippen LogP contribution >= 0.6 is 11.6 Å². The number of carbonyl (C=O) groups excluding carboxylic acids is 1. The maximum atomic E-state index is 12.1. The molecule has 1 aromatic heterocycles. The summed E-state index contributed by atoms with van der Waals surface area (Å²) >= 11 is 5.96. The minimum absolute atomic E-state index is 0.121. The molecule has 122 valence electrons. The van der Waals surface area contributed by atoms with Gasteiger partial charge in [0.2, 0.25) is 5.91 Å². The highest BCUT2D eigenvalue weighted by molar-refractivity contribution is 6.31. The highest BCUT2D eigenvalue weighted by Crippen LogP contribution is 2.20. The predicted molar refractivity (Wildman–Crippen MR) is 92.2 cm³/mol. The topological polar surface area (TPSA) is 71.3 Å². The summed E-state index contributed by atoms with van der Waals surface area (Å²) < 4.78 is 1.86. The van der Waals surface area contributed by atoms with Crippen molar-refractivity contribution < 1.29 is 14.7 Å². The zero-order chi connectivity index (χ0) is 17.1. The van der Waals surface area contributed by atoms with Crippen molar-refractivity contribution >= 4 is 34.4 Å². The van der Waals surface area contributed by atoms with Crippen LogP contribution in [0.3, 0.4) is 0 Å². The van der Waals surface area contributed by atoms with Gasteiger partial charge in [0.15, 0.2) is 0 Å². The lowest BCUT2D eigenvalue weighted by atomic mass is 10.1. The summed E-state index contributed by atoms with van der Waals surface area (Å²) in [5.74, 6) is -1.09. The van der Waals surface area contributed by atoms with E-state index in [-0.39, 0.29) is 18.0 Å². The van der Waals surface area contributed by atoms with Crippen LogP contribution in [0.15, 0.2) is 54.7 Å². The van der Waals surface area contributed by atoms with Crippen molar-refractivity contribution in [2.45, 2.75) is 13.1 Å². The van der Waals surface area contributed by atoms with Gasteiger partial charge in [-0.2, -0.15) is 0 Å². The number of carboxylic acids is 1. The molecule has 0 bridgehead atoms. The van der Waals surface area contributed by atoms with Crippen LogP contribution in [0.5, 0.6) is 0 Å². The van der Waals surface area contributed by atoms with Gasteiger partial charge >= 0.3 is 5.97 Å². The zero-order valence-electron chi connectivity index (χ0n) is 12.7. The van der Waals surface area contributed by atoms with Gasteiger partial charge in [-0.3, -0.25) is 4.79 Å². The molecule has 1 heterocycles. The highest BCUT2D eigenvalue weighted by Gasteiger charge is 2.07. The fraction of sp³-hybridized carbons (Fsp3) is 0.111. The third-order valence-electron chi connectivity index (χ3n) is 3.74. The number of nitrogens with one attached hydrogen (secondary N) is 1. The van der Waals surface area contributed by atoms with Crippen LogP contribution in [0.4, 0.5) is 0 Å². The molecule has 2 aromatic carbocycles. The Morgan fingerprint density at radius 1 is 1.08 bits per heavy atom. The molecule has 0 saturated carbocycles. The molecular formula is C18H15ClN2O3. The van der Waals surface area contributed by atoms with Crippen LogP contribution in [-0.2, 0) is 17.9 Å². The Morgan fingerprint density at radius 2 is 1.83 bits per heavy atom. The van der Waals surface area contributed by atoms with Crippen molar-refractivity contribution in [3.63, 3.8) is 0 Å². The number of nitrogens with zero attached hydrogens (tertiary/aromatic N) is 1. The van der Waals surface area contributed by atoms with Crippen molar-refractivity contribution in [1.82, 2.24) is 9.88 Å². The molecular weight excluding hydrogens is 328 g/mol. The van der Waals surface area contributed by atoms with Crippen LogP contribution in [0, 0.1) is 0 Å². The average molecular weight is 343 g/mol. The number of hydrogen-bond donors (Lipinski definition) is 2. The molecule has 0 atom stereocenters. The van der Waals surface area contributed by atoms with Gasteiger partial charge in [0.25, 0.3) is 0 Å². The number of halogens is 1. The first-order valence-electron chi connectivity index (χ1n) is 7.36. The summed E-state index contributed by atoms with van der Waals surface area (Å²) in [7, 11) is 0. The Kier molecular flexibility index (Phi) is 4.53. The number of carboxylic acid groups (broad SMARTS) is 1. The zero-order valence-corrected chi connectivity index (χ0v) is 13.5. The average Bonchev–Trinajstić information content (AvgIpc) is 2.95. The molecule has 0 aliphatic heterocycles. The third kappa shape index (κ3) is 3.58. The Balaban J connectivity index is 1.61. The molecule has 2 N–H and O–H groups in total. The monoisotopic (exact) mass is 342 g/mol. The van der Waals surface area contributed by atoms with E-state index in [4.69, 9.17) is 16.7 Å². The van der Waals surface area contributed by atoms with E-state index >= 15 is 0 Å². The second-order valence-corrected chi connectivity index (χ2v) is 5.86. The molecule has 0 aliphatic carbocycles. The predicted octanol–water partition coefficient (Wildman–Crippen LogP) is 3.31. The largest absolute Gasteiger partial charge is 0.478 e. The van der Waals surface area contributed by atoms with Crippen molar-refractivity contribution in [3.8, 4) is 0 Å². The van der Waals surface area contributed by atoms with Crippen molar-refractivity contribution in [2.75, 3.05) is 0 Å². The van der Waals surface area contributed by atoms with Crippen molar-refractivity contribution in [2.24, 2.45) is 0 Å². The number of benzene rings is 2. The summed E-state index contributed by atoms with van der Waals surface area (Å²) in [6.45, 7) is 0.558. The summed E-state index contributed by atoms with van der Waals surface area (Å²) in [6.07, 6.45) is 1.85. The fourth-order valence-electron chi connectivity index (χ4n) is 2.49. The first kappa shape index (κ1) is 16.1. The molecule has 3 rings (SSSR count). The molecule has 0 saturated heterocycles. The molecule has 3 aromatic rings. The number of carbonyl (C=O) groups is 2. The van der Waals surface area contributed by atoms with E-state index in [1.807, 2.05) is 29.0 Å². The van der Waals surface area contributed by atoms with E-state index < -0.39 is 5.97 Å². The number of fused-ring (bicyclic) bond motifs is 1. The molecule has 5 nitrogen and oxygen atoms in total. The Bertz CT molecular complexity index is 900. The number of aromatic nitrogens is 1. The SMILES string of the molecule is O=C(Cn1ccc2cc(Cl)ccc21)NCc1ccc(C(=O)O)cc1. The summed E-state index contributed by atoms with van der Waals surface area (Å²) in [5.41, 5.74) is 2.01. The van der Waals surface area contributed by atoms with Gasteiger partial charge < -0.3 is 15.0 Å². The van der Waals surface area contributed by atoms with E-state index in [1.165, 1.54) is 12.1 Å². The maximum absolute atomic E-state index is 12.1. The fourth-order valence-corrected chi connectivity index (χ4v) is 2.67. The van der Waals surface area contributed by atoms with E-state index in [9.17, 15) is 9.59 Å². The lowest BCUT2D eigenvalue weighted by molar-refractivity contribution is -0.121. The second kappa shape index (κ2) is 6.76. The molecule has 1 amide bonds. The van der Waals surface area contributed by atoms with Gasteiger partial charge in [0, 0.05) is 28.7 Å². The molecule has 0 spiro atoms. The normalized spacial score (nSPS) is 10.7. The van der Waals surface area contributed by atoms with E-state index in [0.29, 0.717) is 11.6 Å². The van der Waals surface area contributed by atoms with Gasteiger partial charge in [-0.05, 0) is 42.0 Å². The van der Waals surface area contributed by atoms with Crippen LogP contribution in [0.25, 0.3) is 10.9 Å². The first-order chi connectivity index (χ1) is 11.5. The van der Waals surface area contributed by atoms with Gasteiger partial charge in [-0.1, -0.05) is 23.7 Å². The first-order valence-corrected chi connectivity index (χ1v) is 7.74. The summed E-state index contributed by atoms with van der Waals surface area (Å²) in [6, 6.07) is 13.9. The van der Waals surface area contributed by atoms with E-state index in [2.05, 4.69) is 5.32 Å². The molecule has 0 fully saturated rings. The minimum atomic E-state index is -0.967.